The fraction of sp³-hybridized carbons (Fsp3) is 0.280. The predicted molar refractivity (Wildman–Crippen MR) is 237 cm³/mol. The van der Waals surface area contributed by atoms with E-state index in [0.717, 1.165) is 20.0 Å². The van der Waals surface area contributed by atoms with Gasteiger partial charge in [0.25, 0.3) is 0 Å². The van der Waals surface area contributed by atoms with Crippen molar-refractivity contribution < 1.29 is 5.11 Å². The predicted octanol–water partition coefficient (Wildman–Crippen LogP) is 14.8. The molecule has 6 aromatic rings. The van der Waals surface area contributed by atoms with Crippen LogP contribution in [0.4, 0.5) is 34.1 Å². The molecule has 0 amide bonds. The summed E-state index contributed by atoms with van der Waals surface area (Å²) in [6, 6.07) is 45.3. The molecule has 0 atom stereocenters. The minimum Gasteiger partial charge on any atom is -0.400 e. The fourth-order valence-corrected chi connectivity index (χ4v) is 6.52. The number of hydrogen-bond acceptors (Lipinski definition) is 3. The molecule has 0 aliphatic carbocycles. The zero-order valence-electron chi connectivity index (χ0n) is 31.3. The van der Waals surface area contributed by atoms with Crippen LogP contribution in [0, 0.1) is 41.5 Å². The van der Waals surface area contributed by atoms with Gasteiger partial charge in [-0.05, 0) is 183 Å². The van der Waals surface area contributed by atoms with Crippen molar-refractivity contribution in [3.05, 3.63) is 166 Å². The average molecular weight is 709 g/mol. The van der Waals surface area contributed by atoms with Crippen LogP contribution < -0.4 is 9.80 Å². The first-order valence-corrected chi connectivity index (χ1v) is 17.8. The Kier molecular flexibility index (Phi) is 16.3. The third-order valence-electron chi connectivity index (χ3n) is 9.91. The second-order valence-electron chi connectivity index (χ2n) is 13.3. The molecule has 280 valence electrons. The van der Waals surface area contributed by atoms with Gasteiger partial charge in [-0.3, -0.25) is 0 Å². The molecule has 0 unspecified atom stereocenters. The number of anilines is 6. The molecule has 3 heteroatoms. The molecular weight excluding hydrogens is 645 g/mol. The van der Waals surface area contributed by atoms with Gasteiger partial charge in [-0.2, -0.15) is 0 Å². The summed E-state index contributed by atoms with van der Waals surface area (Å²) in [5, 5.41) is 7.00. The van der Waals surface area contributed by atoms with E-state index >= 15 is 0 Å². The molecule has 0 saturated carbocycles. The molecule has 1 N–H and O–H groups in total. The van der Waals surface area contributed by atoms with E-state index in [4.69, 9.17) is 5.11 Å². The number of nitrogens with zero attached hydrogens (tertiary/aromatic N) is 2. The Labute approximate surface area is 322 Å². The van der Waals surface area contributed by atoms with Crippen LogP contribution in [0.15, 0.2) is 121 Å². The number of aliphatic hydroxyl groups excluding tert-OH is 1. The summed E-state index contributed by atoms with van der Waals surface area (Å²) in [4.78, 5) is 4.79. The van der Waals surface area contributed by atoms with Gasteiger partial charge in [-0.15, -0.1) is 0 Å². The third-order valence-corrected chi connectivity index (χ3v) is 9.91. The van der Waals surface area contributed by atoms with Crippen molar-refractivity contribution in [3.8, 4) is 11.1 Å². The molecule has 53 heavy (non-hydrogen) atoms. The van der Waals surface area contributed by atoms with E-state index in [2.05, 4.69) is 187 Å². The molecular formula is C50H64N2O. The number of aryl methyl sites for hydroxylation is 8. The molecule has 6 aromatic carbocycles. The molecule has 0 fully saturated rings. The van der Waals surface area contributed by atoms with Gasteiger partial charge in [0.15, 0.2) is 0 Å². The lowest BCUT2D eigenvalue weighted by atomic mass is 9.98. The van der Waals surface area contributed by atoms with Crippen molar-refractivity contribution in [3.63, 3.8) is 0 Å². The van der Waals surface area contributed by atoms with Gasteiger partial charge >= 0.3 is 0 Å². The number of hydrogen-bond donors (Lipinski definition) is 1. The van der Waals surface area contributed by atoms with Crippen molar-refractivity contribution in [2.24, 2.45) is 0 Å². The van der Waals surface area contributed by atoms with E-state index < -0.39 is 0 Å². The van der Waals surface area contributed by atoms with E-state index in [1.54, 1.807) is 0 Å². The Morgan fingerprint density at radius 2 is 0.679 bits per heavy atom. The Balaban J connectivity index is 0.00000191. The molecule has 3 nitrogen and oxygen atoms in total. The summed E-state index contributed by atoms with van der Waals surface area (Å²) in [5.74, 6) is 0. The molecule has 0 aliphatic rings. The van der Waals surface area contributed by atoms with Crippen LogP contribution in [0.5, 0.6) is 0 Å². The van der Waals surface area contributed by atoms with Crippen molar-refractivity contribution in [2.45, 2.75) is 90.5 Å². The lowest BCUT2D eigenvalue weighted by molar-refractivity contribution is 0.399. The Morgan fingerprint density at radius 3 is 0.962 bits per heavy atom. The van der Waals surface area contributed by atoms with Gasteiger partial charge in [0, 0.05) is 41.2 Å². The molecule has 0 spiro atoms. The maximum absolute atomic E-state index is 7.00. The van der Waals surface area contributed by atoms with Gasteiger partial charge in [0.2, 0.25) is 0 Å². The Bertz CT molecular complexity index is 1910. The molecule has 6 rings (SSSR count). The largest absolute Gasteiger partial charge is 0.400 e. The van der Waals surface area contributed by atoms with Crippen LogP contribution in [0.2, 0.25) is 0 Å². The monoisotopic (exact) mass is 709 g/mol. The number of aliphatic hydroxyl groups is 1. The van der Waals surface area contributed by atoms with E-state index in [-0.39, 0.29) is 22.3 Å². The highest BCUT2D eigenvalue weighted by Gasteiger charge is 2.18. The van der Waals surface area contributed by atoms with Gasteiger partial charge in [0.05, 0.1) is 0 Å². The lowest BCUT2D eigenvalue weighted by Gasteiger charge is -2.29. The quantitative estimate of drug-likeness (QED) is 0.162. The van der Waals surface area contributed by atoms with Crippen LogP contribution in [0.25, 0.3) is 11.1 Å². The average Bonchev–Trinajstić information content (AvgIpc) is 3.14. The molecule has 0 saturated heterocycles. The minimum atomic E-state index is 0. The van der Waals surface area contributed by atoms with E-state index in [1.165, 1.54) is 89.8 Å². The normalized spacial score (nSPS) is 10.2. The molecule has 0 bridgehead atoms. The third kappa shape index (κ3) is 9.66. The van der Waals surface area contributed by atoms with Crippen LogP contribution in [-0.4, -0.2) is 12.2 Å². The maximum Gasteiger partial charge on any atom is 0.0491 e. The first kappa shape index (κ1) is 44.0. The smallest absolute Gasteiger partial charge is 0.0491 e. The molecule has 0 heterocycles. The molecule has 0 radical (unpaired) electrons. The second kappa shape index (κ2) is 19.6. The highest BCUT2D eigenvalue weighted by atomic mass is 16.2. The molecule has 0 aromatic heterocycles. The zero-order chi connectivity index (χ0) is 35.9. The first-order valence-electron chi connectivity index (χ1n) is 17.8. The van der Waals surface area contributed by atoms with Crippen LogP contribution in [0.3, 0.4) is 0 Å². The summed E-state index contributed by atoms with van der Waals surface area (Å²) in [5.41, 5.74) is 19.9. The van der Waals surface area contributed by atoms with Crippen molar-refractivity contribution in [1.29, 1.82) is 0 Å². The number of rotatable bonds is 9. The van der Waals surface area contributed by atoms with Crippen LogP contribution in [0.1, 0.15) is 80.6 Å². The van der Waals surface area contributed by atoms with Gasteiger partial charge in [0.1, 0.15) is 0 Å². The highest BCUT2D eigenvalue weighted by molar-refractivity contribution is 5.83. The van der Waals surface area contributed by atoms with Gasteiger partial charge < -0.3 is 14.9 Å². The van der Waals surface area contributed by atoms with E-state index in [9.17, 15) is 0 Å². The highest BCUT2D eigenvalue weighted by Crippen LogP contribution is 2.41. The van der Waals surface area contributed by atoms with Crippen molar-refractivity contribution >= 4 is 34.1 Å². The zero-order valence-corrected chi connectivity index (χ0v) is 31.3. The Morgan fingerprint density at radius 1 is 0.358 bits per heavy atom. The summed E-state index contributed by atoms with van der Waals surface area (Å²) in [7, 11) is 1.00. The minimum absolute atomic E-state index is 0. The first-order chi connectivity index (χ1) is 24.2. The SMILES string of the molecule is C.C.C.CCc1ccc(N(c2ccc(C)c(C)c2)c2ccc(-c3ccc(N(c4ccc(CC)cc4)c4ccc(C)c(C)c4)c(C)c3)cc2C)cc1.CO. The summed E-state index contributed by atoms with van der Waals surface area (Å²) < 4.78 is 0. The van der Waals surface area contributed by atoms with Crippen molar-refractivity contribution in [1.82, 2.24) is 0 Å². The van der Waals surface area contributed by atoms with Crippen molar-refractivity contribution in [2.75, 3.05) is 16.9 Å². The van der Waals surface area contributed by atoms with E-state index in [0.29, 0.717) is 0 Å². The fourth-order valence-electron chi connectivity index (χ4n) is 6.52. The van der Waals surface area contributed by atoms with Crippen LogP contribution >= 0.6 is 0 Å². The Hall–Kier alpha value is -5.12. The topological polar surface area (TPSA) is 26.7 Å². The summed E-state index contributed by atoms with van der Waals surface area (Å²) >= 11 is 0. The maximum atomic E-state index is 7.00. The van der Waals surface area contributed by atoms with Crippen LogP contribution in [-0.2, 0) is 12.8 Å². The van der Waals surface area contributed by atoms with Gasteiger partial charge in [-0.1, -0.05) is 84.7 Å². The molecule has 0 aliphatic heterocycles. The summed E-state index contributed by atoms with van der Waals surface area (Å²) in [6.45, 7) is 17.6. The summed E-state index contributed by atoms with van der Waals surface area (Å²) in [6.07, 6.45) is 2.06. The second-order valence-corrected chi connectivity index (χ2v) is 13.3. The van der Waals surface area contributed by atoms with Gasteiger partial charge in [-0.25, -0.2) is 0 Å². The van der Waals surface area contributed by atoms with E-state index in [1.807, 2.05) is 0 Å². The number of benzene rings is 6. The standard InChI is InChI=1S/C46H48N2.CH4O.3CH4/c1-9-37-13-21-41(22-14-37)47(43-19-11-31(3)33(5)29-43)45-25-17-39(27-35(45)7)40-18-26-46(36(8)28-40)48(42-23-15-38(10-2)16-24-42)44-20-12-32(4)34(6)30-44;1-2;;;/h11-30H,9-10H2,1-8H3;2H,1H3;3*1H4. The lowest BCUT2D eigenvalue weighted by Crippen LogP contribution is -2.12.